The zero-order valence-electron chi connectivity index (χ0n) is 9.73. The topological polar surface area (TPSA) is 24.9 Å². The van der Waals surface area contributed by atoms with Crippen molar-refractivity contribution < 1.29 is 0 Å². The van der Waals surface area contributed by atoms with Gasteiger partial charge in [0.1, 0.15) is 0 Å². The number of rotatable bonds is 2. The molecule has 1 atom stereocenters. The Balaban J connectivity index is 1.80. The molecule has 88 valence electrons. The second kappa shape index (κ2) is 4.96. The van der Waals surface area contributed by atoms with Gasteiger partial charge in [0.05, 0.1) is 17.4 Å². The van der Waals surface area contributed by atoms with Gasteiger partial charge in [0.25, 0.3) is 0 Å². The number of hydrogen-bond donors (Lipinski definition) is 1. The van der Waals surface area contributed by atoms with Gasteiger partial charge in [-0.15, -0.1) is 0 Å². The molecule has 1 aliphatic heterocycles. The lowest BCUT2D eigenvalue weighted by Gasteiger charge is -2.23. The summed E-state index contributed by atoms with van der Waals surface area (Å²) in [5, 5.41) is 4.80. The number of para-hydroxylation sites is 1. The molecule has 3 heteroatoms. The van der Waals surface area contributed by atoms with Crippen molar-refractivity contribution in [3.8, 4) is 0 Å². The van der Waals surface area contributed by atoms with E-state index in [2.05, 4.69) is 34.6 Å². The van der Waals surface area contributed by atoms with Gasteiger partial charge in [0.15, 0.2) is 0 Å². The van der Waals surface area contributed by atoms with Crippen LogP contribution >= 0.6 is 11.8 Å². The molecule has 1 aliphatic rings. The standard InChI is InChI=1S/C14H16N2S/c1-2-6-14-11(4-1)8-13(9-15-14)16-12-5-3-7-17-10-12/h1-2,4,6,8-9,12,16H,3,5,7,10H2. The quantitative estimate of drug-likeness (QED) is 0.874. The van der Waals surface area contributed by atoms with Crippen molar-refractivity contribution in [1.82, 2.24) is 4.98 Å². The molecule has 1 saturated heterocycles. The highest BCUT2D eigenvalue weighted by Gasteiger charge is 2.13. The van der Waals surface area contributed by atoms with E-state index < -0.39 is 0 Å². The minimum absolute atomic E-state index is 0.608. The van der Waals surface area contributed by atoms with Crippen LogP contribution in [0.25, 0.3) is 10.9 Å². The summed E-state index contributed by atoms with van der Waals surface area (Å²) in [5.74, 6) is 2.53. The van der Waals surface area contributed by atoms with E-state index in [4.69, 9.17) is 0 Å². The molecule has 1 N–H and O–H groups in total. The van der Waals surface area contributed by atoms with Gasteiger partial charge in [-0.3, -0.25) is 4.98 Å². The highest BCUT2D eigenvalue weighted by Crippen LogP contribution is 2.22. The van der Waals surface area contributed by atoms with Crippen LogP contribution in [0.1, 0.15) is 12.8 Å². The Morgan fingerprint density at radius 3 is 3.12 bits per heavy atom. The van der Waals surface area contributed by atoms with Crippen molar-refractivity contribution in [2.24, 2.45) is 0 Å². The Kier molecular flexibility index (Phi) is 3.18. The molecular formula is C14H16N2S. The summed E-state index contributed by atoms with van der Waals surface area (Å²) in [6, 6.07) is 11.1. The Morgan fingerprint density at radius 1 is 1.29 bits per heavy atom. The van der Waals surface area contributed by atoms with Crippen LogP contribution in [0.15, 0.2) is 36.5 Å². The van der Waals surface area contributed by atoms with E-state index >= 15 is 0 Å². The number of anilines is 1. The lowest BCUT2D eigenvalue weighted by molar-refractivity contribution is 0.685. The summed E-state index contributed by atoms with van der Waals surface area (Å²) < 4.78 is 0. The molecular weight excluding hydrogens is 228 g/mol. The predicted molar refractivity (Wildman–Crippen MR) is 75.7 cm³/mol. The van der Waals surface area contributed by atoms with Gasteiger partial charge in [-0.2, -0.15) is 11.8 Å². The SMILES string of the molecule is c1ccc2ncc(NC3CCCSC3)cc2c1. The second-order valence-corrected chi connectivity index (χ2v) is 5.62. The number of pyridine rings is 1. The first-order valence-corrected chi connectivity index (χ1v) is 7.26. The first-order chi connectivity index (χ1) is 8.42. The number of nitrogens with zero attached hydrogens (tertiary/aromatic N) is 1. The fraction of sp³-hybridized carbons (Fsp3) is 0.357. The largest absolute Gasteiger partial charge is 0.380 e. The molecule has 1 fully saturated rings. The summed E-state index contributed by atoms with van der Waals surface area (Å²) in [4.78, 5) is 4.48. The molecule has 3 rings (SSSR count). The summed E-state index contributed by atoms with van der Waals surface area (Å²) in [6.07, 6.45) is 4.55. The van der Waals surface area contributed by atoms with Crippen molar-refractivity contribution in [2.75, 3.05) is 16.8 Å². The third-order valence-electron chi connectivity index (χ3n) is 3.12. The predicted octanol–water partition coefficient (Wildman–Crippen LogP) is 3.54. The average molecular weight is 244 g/mol. The molecule has 0 radical (unpaired) electrons. The van der Waals surface area contributed by atoms with E-state index in [0.29, 0.717) is 6.04 Å². The molecule has 1 aromatic heterocycles. The molecule has 2 heterocycles. The normalized spacial score (nSPS) is 20.4. The monoisotopic (exact) mass is 244 g/mol. The van der Waals surface area contributed by atoms with Crippen LogP contribution in [0.3, 0.4) is 0 Å². The maximum Gasteiger partial charge on any atom is 0.0703 e. The van der Waals surface area contributed by atoms with E-state index in [9.17, 15) is 0 Å². The number of nitrogens with one attached hydrogen (secondary N) is 1. The first-order valence-electron chi connectivity index (χ1n) is 6.11. The zero-order chi connectivity index (χ0) is 11.5. The fourth-order valence-electron chi connectivity index (χ4n) is 2.24. The molecule has 0 spiro atoms. The van der Waals surface area contributed by atoms with Gasteiger partial charge in [0, 0.05) is 17.2 Å². The molecule has 0 amide bonds. The third-order valence-corrected chi connectivity index (χ3v) is 4.34. The van der Waals surface area contributed by atoms with Crippen LogP contribution < -0.4 is 5.32 Å². The molecule has 0 aliphatic carbocycles. The Morgan fingerprint density at radius 2 is 2.24 bits per heavy atom. The lowest BCUT2D eigenvalue weighted by atomic mass is 10.1. The van der Waals surface area contributed by atoms with Crippen molar-refractivity contribution in [3.63, 3.8) is 0 Å². The van der Waals surface area contributed by atoms with Gasteiger partial charge >= 0.3 is 0 Å². The second-order valence-electron chi connectivity index (χ2n) is 4.48. The van der Waals surface area contributed by atoms with E-state index in [-0.39, 0.29) is 0 Å². The number of benzene rings is 1. The van der Waals surface area contributed by atoms with E-state index in [1.165, 1.54) is 29.7 Å². The first kappa shape index (κ1) is 10.9. The van der Waals surface area contributed by atoms with Gasteiger partial charge < -0.3 is 5.32 Å². The van der Waals surface area contributed by atoms with Crippen molar-refractivity contribution in [2.45, 2.75) is 18.9 Å². The number of aromatic nitrogens is 1. The molecule has 1 unspecified atom stereocenters. The molecule has 0 saturated carbocycles. The van der Waals surface area contributed by atoms with Gasteiger partial charge in [-0.25, -0.2) is 0 Å². The summed E-state index contributed by atoms with van der Waals surface area (Å²) in [7, 11) is 0. The van der Waals surface area contributed by atoms with Crippen molar-refractivity contribution >= 4 is 28.4 Å². The molecule has 2 nitrogen and oxygen atoms in total. The smallest absolute Gasteiger partial charge is 0.0703 e. The minimum atomic E-state index is 0.608. The number of hydrogen-bond acceptors (Lipinski definition) is 3. The van der Waals surface area contributed by atoms with Crippen LogP contribution in [-0.2, 0) is 0 Å². The summed E-state index contributed by atoms with van der Waals surface area (Å²) in [5.41, 5.74) is 2.22. The van der Waals surface area contributed by atoms with Crippen molar-refractivity contribution in [1.29, 1.82) is 0 Å². The lowest BCUT2D eigenvalue weighted by Crippen LogP contribution is -2.25. The Labute approximate surface area is 106 Å². The molecule has 0 bridgehead atoms. The van der Waals surface area contributed by atoms with E-state index in [1.54, 1.807) is 0 Å². The fourth-order valence-corrected chi connectivity index (χ4v) is 3.31. The maximum atomic E-state index is 4.48. The van der Waals surface area contributed by atoms with Gasteiger partial charge in [-0.05, 0) is 30.7 Å². The van der Waals surface area contributed by atoms with E-state index in [0.717, 1.165) is 11.2 Å². The summed E-state index contributed by atoms with van der Waals surface area (Å²) >= 11 is 2.04. The number of fused-ring (bicyclic) bond motifs is 1. The number of thioether (sulfide) groups is 1. The maximum absolute atomic E-state index is 4.48. The Bertz CT molecular complexity index is 506. The minimum Gasteiger partial charge on any atom is -0.380 e. The van der Waals surface area contributed by atoms with Crippen LogP contribution in [0.2, 0.25) is 0 Å². The van der Waals surface area contributed by atoms with Crippen LogP contribution in [-0.4, -0.2) is 22.5 Å². The highest BCUT2D eigenvalue weighted by atomic mass is 32.2. The van der Waals surface area contributed by atoms with Crippen LogP contribution in [0.5, 0.6) is 0 Å². The molecule has 2 aromatic rings. The zero-order valence-corrected chi connectivity index (χ0v) is 10.5. The van der Waals surface area contributed by atoms with Crippen LogP contribution in [0, 0.1) is 0 Å². The van der Waals surface area contributed by atoms with Crippen LogP contribution in [0.4, 0.5) is 5.69 Å². The Hall–Kier alpha value is -1.22. The molecule has 1 aromatic carbocycles. The highest BCUT2D eigenvalue weighted by molar-refractivity contribution is 7.99. The van der Waals surface area contributed by atoms with Gasteiger partial charge in [0.2, 0.25) is 0 Å². The average Bonchev–Trinajstić information content (AvgIpc) is 2.40. The van der Waals surface area contributed by atoms with Crippen molar-refractivity contribution in [3.05, 3.63) is 36.5 Å². The summed E-state index contributed by atoms with van der Waals surface area (Å²) in [6.45, 7) is 0. The molecule has 17 heavy (non-hydrogen) atoms. The van der Waals surface area contributed by atoms with Gasteiger partial charge in [-0.1, -0.05) is 18.2 Å². The van der Waals surface area contributed by atoms with E-state index in [1.807, 2.05) is 24.0 Å². The third kappa shape index (κ3) is 2.55.